The standard InChI is InChI=1S/C52H39N3/c53-50(36-18-4-1-5-19-36)55-51(54-34-45-41-25-12-11-20-37(41)33-38-32-31-35-17-10-13-26-42(35)48(38)45)44-28-16-30-47-49(44)43-27-14-15-29-46(43)52(47,39-21-6-2-7-22-39)40-23-8-3-9-24-40/h1-34,50-51,55H,53H2. The number of hydrogen-bond acceptors (Lipinski definition) is 3. The van der Waals surface area contributed by atoms with E-state index in [2.05, 4.69) is 194 Å². The molecule has 2 unspecified atom stereocenters. The predicted molar refractivity (Wildman–Crippen MR) is 230 cm³/mol. The first kappa shape index (κ1) is 33.0. The van der Waals surface area contributed by atoms with E-state index in [1.165, 1.54) is 60.3 Å². The van der Waals surface area contributed by atoms with Gasteiger partial charge < -0.3 is 5.73 Å². The van der Waals surface area contributed by atoms with E-state index < -0.39 is 17.7 Å². The third-order valence-electron chi connectivity index (χ3n) is 11.5. The van der Waals surface area contributed by atoms with Gasteiger partial charge in [-0.05, 0) is 82.9 Å². The summed E-state index contributed by atoms with van der Waals surface area (Å²) in [4.78, 5) is 5.56. The number of benzene rings is 9. The summed E-state index contributed by atoms with van der Waals surface area (Å²) in [5, 5.41) is 10.9. The van der Waals surface area contributed by atoms with Crippen LogP contribution in [0.3, 0.4) is 0 Å². The van der Waals surface area contributed by atoms with Gasteiger partial charge in [-0.2, -0.15) is 0 Å². The second kappa shape index (κ2) is 13.6. The molecular formula is C52H39N3. The second-order valence-electron chi connectivity index (χ2n) is 14.4. The van der Waals surface area contributed by atoms with Gasteiger partial charge in [0.25, 0.3) is 0 Å². The van der Waals surface area contributed by atoms with E-state index in [1.54, 1.807) is 0 Å². The summed E-state index contributed by atoms with van der Waals surface area (Å²) < 4.78 is 0. The van der Waals surface area contributed by atoms with Gasteiger partial charge in [-0.3, -0.25) is 10.3 Å². The Hall–Kier alpha value is -6.65. The Bertz CT molecular complexity index is 2820. The molecule has 3 N–H and O–H groups in total. The maximum Gasteiger partial charge on any atom is 0.127 e. The van der Waals surface area contributed by atoms with Crippen molar-refractivity contribution in [2.24, 2.45) is 10.7 Å². The van der Waals surface area contributed by atoms with E-state index in [4.69, 9.17) is 10.7 Å². The van der Waals surface area contributed by atoms with E-state index >= 15 is 0 Å². The zero-order valence-corrected chi connectivity index (χ0v) is 30.3. The highest BCUT2D eigenvalue weighted by Gasteiger charge is 2.47. The number of aliphatic imine (C=N–C) groups is 1. The minimum Gasteiger partial charge on any atom is -0.312 e. The summed E-state index contributed by atoms with van der Waals surface area (Å²) in [5.41, 5.74) is 17.1. The highest BCUT2D eigenvalue weighted by atomic mass is 15.1. The van der Waals surface area contributed by atoms with Crippen molar-refractivity contribution in [3.05, 3.63) is 239 Å². The first-order valence-corrected chi connectivity index (χ1v) is 19.0. The topological polar surface area (TPSA) is 50.4 Å². The molecule has 55 heavy (non-hydrogen) atoms. The van der Waals surface area contributed by atoms with E-state index in [0.717, 1.165) is 22.1 Å². The predicted octanol–water partition coefficient (Wildman–Crippen LogP) is 11.9. The van der Waals surface area contributed by atoms with Crippen molar-refractivity contribution in [3.63, 3.8) is 0 Å². The van der Waals surface area contributed by atoms with Crippen LogP contribution in [0.15, 0.2) is 205 Å². The molecule has 0 saturated heterocycles. The molecule has 0 aromatic heterocycles. The molecule has 0 radical (unpaired) electrons. The lowest BCUT2D eigenvalue weighted by Crippen LogP contribution is -2.32. The van der Waals surface area contributed by atoms with Gasteiger partial charge >= 0.3 is 0 Å². The Kier molecular flexibility index (Phi) is 8.18. The first-order valence-electron chi connectivity index (χ1n) is 19.0. The van der Waals surface area contributed by atoms with Crippen molar-refractivity contribution < 1.29 is 0 Å². The maximum absolute atomic E-state index is 7.05. The number of hydrogen-bond donors (Lipinski definition) is 2. The van der Waals surface area contributed by atoms with Crippen LogP contribution < -0.4 is 11.1 Å². The third kappa shape index (κ3) is 5.40. The smallest absolute Gasteiger partial charge is 0.127 e. The van der Waals surface area contributed by atoms with E-state index in [1.807, 2.05) is 18.2 Å². The molecule has 1 aliphatic rings. The summed E-state index contributed by atoms with van der Waals surface area (Å²) >= 11 is 0. The Labute approximate surface area is 321 Å². The van der Waals surface area contributed by atoms with Crippen LogP contribution >= 0.6 is 0 Å². The lowest BCUT2D eigenvalue weighted by atomic mass is 9.67. The van der Waals surface area contributed by atoms with Gasteiger partial charge in [0, 0.05) is 11.8 Å². The highest BCUT2D eigenvalue weighted by molar-refractivity contribution is 6.21. The zero-order valence-electron chi connectivity index (χ0n) is 30.3. The maximum atomic E-state index is 7.05. The molecule has 10 rings (SSSR count). The fraction of sp³-hybridized carbons (Fsp3) is 0.0577. The second-order valence-corrected chi connectivity index (χ2v) is 14.4. The third-order valence-corrected chi connectivity index (χ3v) is 11.5. The van der Waals surface area contributed by atoms with Crippen LogP contribution in [0, 0.1) is 0 Å². The van der Waals surface area contributed by atoms with Gasteiger partial charge in [0.1, 0.15) is 6.17 Å². The Morgan fingerprint density at radius 2 is 1.09 bits per heavy atom. The van der Waals surface area contributed by atoms with E-state index in [-0.39, 0.29) is 0 Å². The van der Waals surface area contributed by atoms with E-state index in [9.17, 15) is 0 Å². The van der Waals surface area contributed by atoms with Gasteiger partial charge in [-0.25, -0.2) is 0 Å². The lowest BCUT2D eigenvalue weighted by molar-refractivity contribution is 0.467. The molecule has 0 amide bonds. The Morgan fingerprint density at radius 3 is 1.84 bits per heavy atom. The van der Waals surface area contributed by atoms with Crippen molar-refractivity contribution in [2.45, 2.75) is 17.7 Å². The lowest BCUT2D eigenvalue weighted by Gasteiger charge is -2.34. The SMILES string of the molecule is NC(NC(N=Cc1c2ccccc2cc2ccc3ccccc3c12)c1cccc2c1-c1ccccc1C2(c1ccccc1)c1ccccc1)c1ccccc1. The summed E-state index contributed by atoms with van der Waals surface area (Å²) in [6.45, 7) is 0. The van der Waals surface area contributed by atoms with Gasteiger partial charge in [-0.15, -0.1) is 0 Å². The number of nitrogens with zero attached hydrogens (tertiary/aromatic N) is 1. The molecule has 1 aliphatic carbocycles. The van der Waals surface area contributed by atoms with Crippen LogP contribution in [0.2, 0.25) is 0 Å². The fourth-order valence-electron chi connectivity index (χ4n) is 9.05. The quantitative estimate of drug-likeness (QED) is 0.0716. The number of nitrogens with one attached hydrogen (secondary N) is 1. The van der Waals surface area contributed by atoms with Crippen LogP contribution in [0.4, 0.5) is 0 Å². The average Bonchev–Trinajstić information content (AvgIpc) is 3.57. The molecule has 9 aromatic rings. The van der Waals surface area contributed by atoms with Crippen molar-refractivity contribution in [1.82, 2.24) is 5.32 Å². The van der Waals surface area contributed by atoms with Gasteiger partial charge in [0.15, 0.2) is 0 Å². The molecule has 262 valence electrons. The van der Waals surface area contributed by atoms with Crippen LogP contribution in [-0.2, 0) is 5.41 Å². The molecule has 3 heteroatoms. The summed E-state index contributed by atoms with van der Waals surface area (Å²) in [7, 11) is 0. The molecule has 9 aromatic carbocycles. The normalized spacial score (nSPS) is 14.3. The molecule has 0 heterocycles. The summed E-state index contributed by atoms with van der Waals surface area (Å²) in [6.07, 6.45) is 1.15. The number of nitrogens with two attached hydrogens (primary N) is 1. The van der Waals surface area contributed by atoms with Crippen LogP contribution in [0.25, 0.3) is 43.4 Å². The molecule has 2 atom stereocenters. The number of fused-ring (bicyclic) bond motifs is 7. The Morgan fingerprint density at radius 1 is 0.509 bits per heavy atom. The zero-order chi connectivity index (χ0) is 36.8. The summed E-state index contributed by atoms with van der Waals surface area (Å²) in [5.74, 6) is 0. The highest BCUT2D eigenvalue weighted by Crippen LogP contribution is 2.57. The van der Waals surface area contributed by atoms with E-state index in [0.29, 0.717) is 0 Å². The van der Waals surface area contributed by atoms with Gasteiger partial charge in [-0.1, -0.05) is 194 Å². The van der Waals surface area contributed by atoms with Crippen LogP contribution in [-0.4, -0.2) is 6.21 Å². The molecule has 3 nitrogen and oxygen atoms in total. The largest absolute Gasteiger partial charge is 0.312 e. The molecule has 0 saturated carbocycles. The first-order chi connectivity index (χ1) is 27.2. The molecule has 0 spiro atoms. The summed E-state index contributed by atoms with van der Waals surface area (Å²) in [6, 6.07) is 71.7. The minimum atomic E-state index is -0.523. The van der Waals surface area contributed by atoms with Crippen molar-refractivity contribution in [1.29, 1.82) is 0 Å². The van der Waals surface area contributed by atoms with Gasteiger partial charge in [0.2, 0.25) is 0 Å². The van der Waals surface area contributed by atoms with Gasteiger partial charge in [0.05, 0.1) is 11.6 Å². The molecular weight excluding hydrogens is 667 g/mol. The van der Waals surface area contributed by atoms with Crippen LogP contribution in [0.1, 0.15) is 51.3 Å². The number of rotatable bonds is 8. The molecule has 0 aliphatic heterocycles. The molecule has 0 bridgehead atoms. The van der Waals surface area contributed by atoms with Crippen LogP contribution in [0.5, 0.6) is 0 Å². The fourth-order valence-corrected chi connectivity index (χ4v) is 9.05. The van der Waals surface area contributed by atoms with Crippen molar-refractivity contribution >= 4 is 38.5 Å². The van der Waals surface area contributed by atoms with Crippen molar-refractivity contribution in [3.8, 4) is 11.1 Å². The monoisotopic (exact) mass is 705 g/mol. The minimum absolute atomic E-state index is 0.464. The Balaban J connectivity index is 1.24. The average molecular weight is 706 g/mol. The van der Waals surface area contributed by atoms with Crippen molar-refractivity contribution in [2.75, 3.05) is 0 Å². The molecule has 0 fully saturated rings.